The molecule has 2 aliphatic rings. The Labute approximate surface area is 187 Å². The number of amides is 1. The van der Waals surface area contributed by atoms with Gasteiger partial charge in [-0.2, -0.15) is 8.42 Å². The van der Waals surface area contributed by atoms with Crippen molar-refractivity contribution in [3.63, 3.8) is 0 Å². The van der Waals surface area contributed by atoms with Crippen molar-refractivity contribution in [2.45, 2.75) is 43.6 Å². The van der Waals surface area contributed by atoms with Gasteiger partial charge in [-0.05, 0) is 50.1 Å². The van der Waals surface area contributed by atoms with Crippen LogP contribution < -0.4 is 9.80 Å². The van der Waals surface area contributed by atoms with Crippen LogP contribution in [-0.4, -0.2) is 45.8 Å². The molecule has 0 aromatic heterocycles. The molecule has 0 aliphatic carbocycles. The number of para-hydroxylation sites is 1. The van der Waals surface area contributed by atoms with Gasteiger partial charge in [0.2, 0.25) is 0 Å². The summed E-state index contributed by atoms with van der Waals surface area (Å²) in [4.78, 5) is 28.7. The van der Waals surface area contributed by atoms with E-state index in [4.69, 9.17) is 4.74 Å². The van der Waals surface area contributed by atoms with Gasteiger partial charge in [-0.25, -0.2) is 4.79 Å². The summed E-state index contributed by atoms with van der Waals surface area (Å²) in [6.45, 7) is 2.17. The van der Waals surface area contributed by atoms with Gasteiger partial charge < -0.3 is 14.5 Å². The lowest BCUT2D eigenvalue weighted by Gasteiger charge is -2.29. The van der Waals surface area contributed by atoms with Crippen molar-refractivity contribution in [3.05, 3.63) is 54.1 Å². The van der Waals surface area contributed by atoms with Crippen molar-refractivity contribution in [1.29, 1.82) is 0 Å². The maximum atomic E-state index is 12.8. The Morgan fingerprint density at radius 1 is 1.09 bits per heavy atom. The Kier molecular flexibility index (Phi) is 6.01. The molecule has 9 heteroatoms. The van der Waals surface area contributed by atoms with E-state index in [0.29, 0.717) is 30.2 Å². The molecule has 2 aromatic carbocycles. The highest BCUT2D eigenvalue weighted by Gasteiger charge is 2.33. The SMILES string of the molecule is C[C@@H](OC(=O)c1ccc2c(c1)S(=O)(=O)N=C1CCCCCN12)C(=O)N(C)c1ccccc1. The van der Waals surface area contributed by atoms with E-state index in [-0.39, 0.29) is 10.5 Å². The number of hydrogen-bond donors (Lipinski definition) is 0. The minimum absolute atomic E-state index is 0.0158. The third kappa shape index (κ3) is 4.25. The second kappa shape index (κ2) is 8.74. The lowest BCUT2D eigenvalue weighted by atomic mass is 10.1. The van der Waals surface area contributed by atoms with Gasteiger partial charge in [-0.15, -0.1) is 4.40 Å². The van der Waals surface area contributed by atoms with Crippen LogP contribution in [0.3, 0.4) is 0 Å². The first-order valence-electron chi connectivity index (χ1n) is 10.6. The molecule has 0 bridgehead atoms. The summed E-state index contributed by atoms with van der Waals surface area (Å²) in [5, 5.41) is 0. The summed E-state index contributed by atoms with van der Waals surface area (Å²) in [6, 6.07) is 13.4. The lowest BCUT2D eigenvalue weighted by Crippen LogP contribution is -2.37. The van der Waals surface area contributed by atoms with Gasteiger partial charge in [0.05, 0.1) is 11.3 Å². The molecule has 0 radical (unpaired) electrons. The molecule has 1 fully saturated rings. The van der Waals surface area contributed by atoms with E-state index in [1.807, 2.05) is 23.1 Å². The number of fused-ring (bicyclic) bond motifs is 3. The fraction of sp³-hybridized carbons (Fsp3) is 0.348. The number of anilines is 2. The number of esters is 1. The third-order valence-corrected chi connectivity index (χ3v) is 7.02. The molecule has 2 aromatic rings. The predicted octanol–water partition coefficient (Wildman–Crippen LogP) is 3.38. The number of carbonyl (C=O) groups excluding carboxylic acids is 2. The van der Waals surface area contributed by atoms with Crippen molar-refractivity contribution in [2.24, 2.45) is 4.40 Å². The molecule has 0 spiro atoms. The zero-order valence-electron chi connectivity index (χ0n) is 18.0. The van der Waals surface area contributed by atoms with Gasteiger partial charge in [0.15, 0.2) is 6.10 Å². The summed E-state index contributed by atoms with van der Waals surface area (Å²) < 4.78 is 34.9. The topological polar surface area (TPSA) is 96.4 Å². The summed E-state index contributed by atoms with van der Waals surface area (Å²) in [5.41, 5.74) is 1.26. The Balaban J connectivity index is 1.54. The van der Waals surface area contributed by atoms with Crippen LogP contribution in [0.5, 0.6) is 0 Å². The van der Waals surface area contributed by atoms with Gasteiger partial charge >= 0.3 is 5.97 Å². The zero-order valence-corrected chi connectivity index (χ0v) is 18.8. The maximum absolute atomic E-state index is 12.8. The molecule has 8 nitrogen and oxygen atoms in total. The van der Waals surface area contributed by atoms with E-state index >= 15 is 0 Å². The fourth-order valence-corrected chi connectivity index (χ4v) is 5.22. The van der Waals surface area contributed by atoms with Crippen LogP contribution in [0, 0.1) is 0 Å². The van der Waals surface area contributed by atoms with E-state index in [1.54, 1.807) is 25.2 Å². The van der Waals surface area contributed by atoms with E-state index in [9.17, 15) is 18.0 Å². The van der Waals surface area contributed by atoms with Gasteiger partial charge in [0, 0.05) is 25.7 Å². The fourth-order valence-electron chi connectivity index (χ4n) is 3.94. The van der Waals surface area contributed by atoms with Crippen LogP contribution in [-0.2, 0) is 19.6 Å². The molecule has 4 rings (SSSR count). The smallest absolute Gasteiger partial charge is 0.338 e. The number of carbonyl (C=O) groups is 2. The predicted molar refractivity (Wildman–Crippen MR) is 122 cm³/mol. The van der Waals surface area contributed by atoms with Crippen LogP contribution in [0.2, 0.25) is 0 Å². The first-order valence-corrected chi connectivity index (χ1v) is 12.0. The molecule has 2 aliphatic heterocycles. The molecule has 32 heavy (non-hydrogen) atoms. The Bertz CT molecular complexity index is 1180. The van der Waals surface area contributed by atoms with Crippen molar-refractivity contribution in [1.82, 2.24) is 0 Å². The summed E-state index contributed by atoms with van der Waals surface area (Å²) >= 11 is 0. The summed E-state index contributed by atoms with van der Waals surface area (Å²) in [5.74, 6) is -0.613. The Hall–Kier alpha value is -3.20. The molecule has 2 heterocycles. The van der Waals surface area contributed by atoms with Crippen LogP contribution in [0.4, 0.5) is 11.4 Å². The van der Waals surface area contributed by atoms with E-state index in [1.165, 1.54) is 24.0 Å². The van der Waals surface area contributed by atoms with Crippen LogP contribution in [0.1, 0.15) is 43.0 Å². The highest BCUT2D eigenvalue weighted by Crippen LogP contribution is 2.35. The second-order valence-corrected chi connectivity index (χ2v) is 9.48. The first kappa shape index (κ1) is 22.0. The molecule has 0 saturated carbocycles. The number of sulfonamides is 1. The monoisotopic (exact) mass is 455 g/mol. The van der Waals surface area contributed by atoms with E-state index < -0.39 is 28.0 Å². The highest BCUT2D eigenvalue weighted by atomic mass is 32.2. The number of ether oxygens (including phenoxy) is 1. The largest absolute Gasteiger partial charge is 0.449 e. The maximum Gasteiger partial charge on any atom is 0.338 e. The molecule has 168 valence electrons. The van der Waals surface area contributed by atoms with Crippen LogP contribution >= 0.6 is 0 Å². The summed E-state index contributed by atoms with van der Waals surface area (Å²) in [6.07, 6.45) is 2.41. The van der Waals surface area contributed by atoms with E-state index in [2.05, 4.69) is 4.40 Å². The number of rotatable bonds is 4. The molecule has 1 atom stereocenters. The molecular formula is C23H25N3O5S. The van der Waals surface area contributed by atoms with E-state index in [0.717, 1.165) is 19.3 Å². The number of likely N-dealkylation sites (N-methyl/N-ethyl adjacent to an activating group) is 1. The Morgan fingerprint density at radius 2 is 1.84 bits per heavy atom. The molecule has 0 N–H and O–H groups in total. The average molecular weight is 456 g/mol. The minimum atomic E-state index is -3.92. The quantitative estimate of drug-likeness (QED) is 0.656. The number of nitrogens with zero attached hydrogens (tertiary/aromatic N) is 3. The Morgan fingerprint density at radius 3 is 2.59 bits per heavy atom. The molecule has 0 unspecified atom stereocenters. The zero-order chi connectivity index (χ0) is 22.9. The van der Waals surface area contributed by atoms with Gasteiger partial charge in [0.25, 0.3) is 15.9 Å². The third-order valence-electron chi connectivity index (χ3n) is 5.69. The summed E-state index contributed by atoms with van der Waals surface area (Å²) in [7, 11) is -2.31. The minimum Gasteiger partial charge on any atom is -0.449 e. The van der Waals surface area contributed by atoms with Crippen LogP contribution in [0.15, 0.2) is 57.8 Å². The van der Waals surface area contributed by atoms with Crippen molar-refractivity contribution in [2.75, 3.05) is 23.4 Å². The number of amidine groups is 1. The van der Waals surface area contributed by atoms with Gasteiger partial charge in [-0.1, -0.05) is 24.6 Å². The lowest BCUT2D eigenvalue weighted by molar-refractivity contribution is -0.126. The van der Waals surface area contributed by atoms with Gasteiger partial charge in [0.1, 0.15) is 10.7 Å². The normalized spacial score (nSPS) is 17.8. The molecular weight excluding hydrogens is 430 g/mol. The number of hydrogen-bond acceptors (Lipinski definition) is 6. The first-order chi connectivity index (χ1) is 15.3. The molecule has 1 amide bonds. The van der Waals surface area contributed by atoms with Crippen molar-refractivity contribution in [3.8, 4) is 0 Å². The van der Waals surface area contributed by atoms with Crippen molar-refractivity contribution >= 4 is 39.1 Å². The van der Waals surface area contributed by atoms with Crippen LogP contribution in [0.25, 0.3) is 0 Å². The van der Waals surface area contributed by atoms with Gasteiger partial charge in [-0.3, -0.25) is 4.79 Å². The van der Waals surface area contributed by atoms with Crippen molar-refractivity contribution < 1.29 is 22.7 Å². The second-order valence-electron chi connectivity index (χ2n) is 7.91. The standard InChI is InChI=1S/C23H25N3O5S/c1-16(22(27)25(2)18-9-5-3-6-10-18)31-23(28)17-12-13-19-20(15-17)32(29,30)24-21-11-7-4-8-14-26(19)21/h3,5-6,9-10,12-13,15-16H,4,7-8,11,14H2,1-2H3/t16-/m1/s1. The highest BCUT2D eigenvalue weighted by molar-refractivity contribution is 7.90. The molecule has 1 saturated heterocycles. The average Bonchev–Trinajstić information content (AvgIpc) is 3.03. The number of benzene rings is 2.